The molecule has 112 valence electrons. The number of hydrogen-bond acceptors (Lipinski definition) is 3. The Morgan fingerprint density at radius 1 is 1.10 bits per heavy atom. The van der Waals surface area contributed by atoms with Gasteiger partial charge in [-0.2, -0.15) is 0 Å². The van der Waals surface area contributed by atoms with Crippen molar-refractivity contribution < 1.29 is 14.3 Å². The minimum absolute atomic E-state index is 0.0366. The van der Waals surface area contributed by atoms with Crippen molar-refractivity contribution in [2.75, 3.05) is 31.6 Å². The fourth-order valence-corrected chi connectivity index (χ4v) is 2.91. The SMILES string of the molecule is O=C(Nc1ccccc1)C1(C(=O)N2CCOCC2)CCC1. The number of nitrogens with one attached hydrogen (secondary N) is 1. The Bertz CT molecular complexity index is 520. The molecule has 1 N–H and O–H groups in total. The maximum atomic E-state index is 12.7. The van der Waals surface area contributed by atoms with Crippen LogP contribution in [0.3, 0.4) is 0 Å². The lowest BCUT2D eigenvalue weighted by Crippen LogP contribution is -2.56. The molecule has 5 nitrogen and oxygen atoms in total. The maximum Gasteiger partial charge on any atom is 0.240 e. The number of nitrogens with zero attached hydrogens (tertiary/aromatic N) is 1. The molecule has 1 aromatic carbocycles. The fourth-order valence-electron chi connectivity index (χ4n) is 2.91. The molecule has 1 heterocycles. The highest BCUT2D eigenvalue weighted by Gasteiger charge is 2.52. The number of carbonyl (C=O) groups excluding carboxylic acids is 2. The van der Waals surface area contributed by atoms with Gasteiger partial charge in [-0.25, -0.2) is 0 Å². The van der Waals surface area contributed by atoms with Crippen molar-refractivity contribution in [2.45, 2.75) is 19.3 Å². The third-order valence-electron chi connectivity index (χ3n) is 4.38. The third-order valence-corrected chi connectivity index (χ3v) is 4.38. The number of carbonyl (C=O) groups is 2. The first-order valence-corrected chi connectivity index (χ1v) is 7.46. The average Bonchev–Trinajstić information content (AvgIpc) is 2.48. The normalized spacial score (nSPS) is 20.5. The summed E-state index contributed by atoms with van der Waals surface area (Å²) < 4.78 is 5.28. The first-order valence-electron chi connectivity index (χ1n) is 7.46. The van der Waals surface area contributed by atoms with Gasteiger partial charge in [0.05, 0.1) is 13.2 Å². The molecule has 3 rings (SSSR count). The van der Waals surface area contributed by atoms with Crippen LogP contribution in [0.4, 0.5) is 5.69 Å². The van der Waals surface area contributed by atoms with Crippen LogP contribution in [0, 0.1) is 5.41 Å². The van der Waals surface area contributed by atoms with E-state index in [-0.39, 0.29) is 11.8 Å². The first kappa shape index (κ1) is 14.1. The largest absolute Gasteiger partial charge is 0.378 e. The van der Waals surface area contributed by atoms with Crippen LogP contribution in [0.25, 0.3) is 0 Å². The number of morpholine rings is 1. The van der Waals surface area contributed by atoms with E-state index in [4.69, 9.17) is 4.74 Å². The molecule has 0 spiro atoms. The summed E-state index contributed by atoms with van der Waals surface area (Å²) in [6.07, 6.45) is 2.21. The molecule has 21 heavy (non-hydrogen) atoms. The van der Waals surface area contributed by atoms with E-state index in [2.05, 4.69) is 5.32 Å². The Morgan fingerprint density at radius 2 is 1.76 bits per heavy atom. The standard InChI is InChI=1S/C16H20N2O3/c19-14(17-13-5-2-1-3-6-13)16(7-4-8-16)15(20)18-9-11-21-12-10-18/h1-3,5-6H,4,7-12H2,(H,17,19). The van der Waals surface area contributed by atoms with Gasteiger partial charge in [-0.3, -0.25) is 9.59 Å². The van der Waals surface area contributed by atoms with Crippen LogP contribution in [0.5, 0.6) is 0 Å². The van der Waals surface area contributed by atoms with Crippen LogP contribution < -0.4 is 5.32 Å². The van der Waals surface area contributed by atoms with Crippen molar-refractivity contribution in [2.24, 2.45) is 5.41 Å². The van der Waals surface area contributed by atoms with Gasteiger partial charge in [-0.05, 0) is 25.0 Å². The van der Waals surface area contributed by atoms with Crippen molar-refractivity contribution in [1.82, 2.24) is 4.90 Å². The summed E-state index contributed by atoms with van der Waals surface area (Å²) in [5.41, 5.74) is -0.128. The molecule has 1 aliphatic carbocycles. The van der Waals surface area contributed by atoms with Gasteiger partial charge < -0.3 is 15.0 Å². The number of anilines is 1. The second kappa shape index (κ2) is 5.85. The van der Waals surface area contributed by atoms with Crippen molar-refractivity contribution >= 4 is 17.5 Å². The van der Waals surface area contributed by atoms with Gasteiger partial charge in [0.2, 0.25) is 11.8 Å². The van der Waals surface area contributed by atoms with Gasteiger partial charge in [0.15, 0.2) is 0 Å². The Kier molecular flexibility index (Phi) is 3.92. The lowest BCUT2D eigenvalue weighted by Gasteiger charge is -2.42. The number of benzene rings is 1. The van der Waals surface area contributed by atoms with Crippen molar-refractivity contribution in [3.05, 3.63) is 30.3 Å². The minimum Gasteiger partial charge on any atom is -0.378 e. The summed E-state index contributed by atoms with van der Waals surface area (Å²) in [5.74, 6) is -0.207. The van der Waals surface area contributed by atoms with Crippen LogP contribution >= 0.6 is 0 Å². The molecule has 2 fully saturated rings. The lowest BCUT2D eigenvalue weighted by atomic mass is 9.67. The van der Waals surface area contributed by atoms with E-state index in [0.717, 1.165) is 12.1 Å². The molecule has 0 aromatic heterocycles. The van der Waals surface area contributed by atoms with Crippen LogP contribution in [0.2, 0.25) is 0 Å². The molecule has 1 aromatic rings. The van der Waals surface area contributed by atoms with E-state index in [1.807, 2.05) is 30.3 Å². The van der Waals surface area contributed by atoms with Gasteiger partial charge in [0.25, 0.3) is 0 Å². The monoisotopic (exact) mass is 288 g/mol. The van der Waals surface area contributed by atoms with E-state index >= 15 is 0 Å². The summed E-state index contributed by atoms with van der Waals surface area (Å²) in [7, 11) is 0. The lowest BCUT2D eigenvalue weighted by molar-refractivity contribution is -0.157. The summed E-state index contributed by atoms with van der Waals surface area (Å²) in [4.78, 5) is 27.1. The molecule has 0 bridgehead atoms. The van der Waals surface area contributed by atoms with Crippen molar-refractivity contribution in [1.29, 1.82) is 0 Å². The zero-order chi connectivity index (χ0) is 14.7. The molecule has 0 atom stereocenters. The molecule has 0 unspecified atom stereocenters. The Balaban J connectivity index is 1.73. The summed E-state index contributed by atoms with van der Waals surface area (Å²) in [6, 6.07) is 9.31. The zero-order valence-corrected chi connectivity index (χ0v) is 12.0. The summed E-state index contributed by atoms with van der Waals surface area (Å²) >= 11 is 0. The molecule has 2 aliphatic rings. The second-order valence-electron chi connectivity index (χ2n) is 5.66. The van der Waals surface area contributed by atoms with E-state index in [1.165, 1.54) is 0 Å². The maximum absolute atomic E-state index is 12.7. The van der Waals surface area contributed by atoms with Crippen molar-refractivity contribution in [3.63, 3.8) is 0 Å². The molecule has 5 heteroatoms. The van der Waals surface area contributed by atoms with Crippen LogP contribution in [-0.4, -0.2) is 43.0 Å². The van der Waals surface area contributed by atoms with Crippen LogP contribution in [-0.2, 0) is 14.3 Å². The number of ether oxygens (including phenoxy) is 1. The predicted molar refractivity (Wildman–Crippen MR) is 78.8 cm³/mol. The number of amides is 2. The van der Waals surface area contributed by atoms with Crippen LogP contribution in [0.15, 0.2) is 30.3 Å². The first-order chi connectivity index (χ1) is 10.2. The highest BCUT2D eigenvalue weighted by Crippen LogP contribution is 2.43. The van der Waals surface area contributed by atoms with Gasteiger partial charge in [0.1, 0.15) is 5.41 Å². The summed E-state index contributed by atoms with van der Waals surface area (Å²) in [5, 5.41) is 2.89. The number of rotatable bonds is 3. The van der Waals surface area contributed by atoms with Gasteiger partial charge in [-0.1, -0.05) is 24.6 Å². The highest BCUT2D eigenvalue weighted by molar-refractivity contribution is 6.11. The molecule has 0 radical (unpaired) electrons. The smallest absolute Gasteiger partial charge is 0.240 e. The summed E-state index contributed by atoms with van der Waals surface area (Å²) in [6.45, 7) is 2.28. The van der Waals surface area contributed by atoms with Gasteiger partial charge in [-0.15, -0.1) is 0 Å². The van der Waals surface area contributed by atoms with Gasteiger partial charge in [0, 0.05) is 18.8 Å². The zero-order valence-electron chi connectivity index (χ0n) is 12.0. The Hall–Kier alpha value is -1.88. The van der Waals surface area contributed by atoms with Crippen LogP contribution in [0.1, 0.15) is 19.3 Å². The molecular formula is C16H20N2O3. The van der Waals surface area contributed by atoms with Crippen molar-refractivity contribution in [3.8, 4) is 0 Å². The minimum atomic E-state index is -0.868. The van der Waals surface area contributed by atoms with E-state index in [0.29, 0.717) is 39.1 Å². The third kappa shape index (κ3) is 2.65. The average molecular weight is 288 g/mol. The molecule has 1 saturated heterocycles. The molecular weight excluding hydrogens is 268 g/mol. The molecule has 1 saturated carbocycles. The number of para-hydroxylation sites is 1. The Labute approximate surface area is 124 Å². The fraction of sp³-hybridized carbons (Fsp3) is 0.500. The number of hydrogen-bond donors (Lipinski definition) is 1. The Morgan fingerprint density at radius 3 is 2.33 bits per heavy atom. The van der Waals surface area contributed by atoms with E-state index in [9.17, 15) is 9.59 Å². The van der Waals surface area contributed by atoms with E-state index in [1.54, 1.807) is 4.90 Å². The van der Waals surface area contributed by atoms with Gasteiger partial charge >= 0.3 is 0 Å². The molecule has 2 amide bonds. The predicted octanol–water partition coefficient (Wildman–Crippen LogP) is 1.65. The topological polar surface area (TPSA) is 58.6 Å². The molecule has 1 aliphatic heterocycles. The quantitative estimate of drug-likeness (QED) is 0.860. The van der Waals surface area contributed by atoms with E-state index < -0.39 is 5.41 Å². The highest BCUT2D eigenvalue weighted by atomic mass is 16.5. The second-order valence-corrected chi connectivity index (χ2v) is 5.66.